The molecule has 7 atom stereocenters. The number of thiocarbonyl (C=S) groups is 1. The first-order valence-electron chi connectivity index (χ1n) is 29.0. The number of Topliss-reactive ketones (excluding diaryl/α,β-unsaturated/α-hetero) is 3. The summed E-state index contributed by atoms with van der Waals surface area (Å²) in [6.45, 7) is -0.380. The number of anilines is 1. The molecule has 0 saturated carbocycles. The molecule has 470 valence electrons. The Bertz CT molecular complexity index is 3530. The summed E-state index contributed by atoms with van der Waals surface area (Å²) in [5.74, 6) is -9.16. The van der Waals surface area contributed by atoms with E-state index in [-0.39, 0.29) is 123 Å². The van der Waals surface area contributed by atoms with Crippen molar-refractivity contribution >= 4 is 88.4 Å². The number of hydrogen-bond acceptors (Lipinski definition) is 15. The van der Waals surface area contributed by atoms with E-state index in [2.05, 4.69) is 36.6 Å². The van der Waals surface area contributed by atoms with Crippen molar-refractivity contribution in [2.24, 2.45) is 17.8 Å². The SMILES string of the molecule is O=CO[C@H](CCC(=O)O)NC(=O)N[C@@H](CCC(=O)C[C@@H](Cc1ccccc1)C(=O)NCCCC(=O)CNC(=O)[C@@H](CC(=O)[C@H](Cc1ccccc1)NC(=S)Nc1ccc(C2c3ccc(O)cc3OC3=CC(=O)C=CC32)c(C(=O)O)c1)Cc1ccccc1)C(=O)O. The number of benzene rings is 5. The zero-order chi connectivity index (χ0) is 64.7. The molecule has 0 saturated heterocycles. The number of amides is 4. The number of carboxylic acids is 3. The third kappa shape index (κ3) is 20.4. The lowest BCUT2D eigenvalue weighted by molar-refractivity contribution is -0.141. The van der Waals surface area contributed by atoms with E-state index in [4.69, 9.17) is 22.1 Å². The van der Waals surface area contributed by atoms with Crippen LogP contribution in [0.1, 0.15) is 95.5 Å². The van der Waals surface area contributed by atoms with Crippen LogP contribution in [0.3, 0.4) is 0 Å². The molecule has 0 radical (unpaired) electrons. The molecule has 2 aliphatic rings. The summed E-state index contributed by atoms with van der Waals surface area (Å²) in [6.07, 6.45) is 1.42. The number of aromatic hydroxyl groups is 1. The molecule has 0 spiro atoms. The van der Waals surface area contributed by atoms with Crippen LogP contribution in [-0.4, -0.2) is 122 Å². The number of carboxylic acid groups (broad SMARTS) is 3. The van der Waals surface area contributed by atoms with Crippen molar-refractivity contribution in [3.63, 3.8) is 0 Å². The first kappa shape index (κ1) is 67.2. The Balaban J connectivity index is 0.953. The fourth-order valence-electron chi connectivity index (χ4n) is 10.6. The molecule has 5 aromatic rings. The second-order valence-electron chi connectivity index (χ2n) is 21.6. The predicted octanol–water partition coefficient (Wildman–Crippen LogP) is 6.27. The minimum atomic E-state index is -1.59. The van der Waals surface area contributed by atoms with Crippen molar-refractivity contribution in [1.82, 2.24) is 26.6 Å². The molecule has 2 unspecified atom stereocenters. The molecule has 1 aliphatic heterocycles. The van der Waals surface area contributed by atoms with Crippen LogP contribution >= 0.6 is 12.2 Å². The van der Waals surface area contributed by atoms with E-state index in [9.17, 15) is 68.1 Å². The van der Waals surface area contributed by atoms with Gasteiger partial charge < -0.3 is 61.8 Å². The molecule has 1 aliphatic carbocycles. The highest BCUT2D eigenvalue weighted by atomic mass is 32.1. The van der Waals surface area contributed by atoms with Gasteiger partial charge in [-0.05, 0) is 90.9 Å². The Morgan fingerprint density at radius 3 is 1.90 bits per heavy atom. The fraction of sp³-hybridized carbons (Fsp3) is 0.303. The normalized spacial score (nSPS) is 15.4. The second-order valence-corrected chi connectivity index (χ2v) is 22.0. The van der Waals surface area contributed by atoms with E-state index in [1.165, 1.54) is 30.4 Å². The first-order chi connectivity index (χ1) is 43.2. The average Bonchev–Trinajstić information content (AvgIpc) is 0.771. The lowest BCUT2D eigenvalue weighted by Crippen LogP contribution is -2.49. The number of fused-ring (bicyclic) bond motifs is 2. The Kier molecular flexibility index (Phi) is 24.7. The van der Waals surface area contributed by atoms with Crippen LogP contribution in [0.2, 0.25) is 0 Å². The second kappa shape index (κ2) is 33.1. The van der Waals surface area contributed by atoms with Crippen molar-refractivity contribution in [3.8, 4) is 11.5 Å². The third-order valence-electron chi connectivity index (χ3n) is 15.0. The van der Waals surface area contributed by atoms with E-state index in [0.29, 0.717) is 16.9 Å². The Morgan fingerprint density at radius 2 is 1.28 bits per heavy atom. The van der Waals surface area contributed by atoms with Crippen LogP contribution in [0, 0.1) is 17.8 Å². The summed E-state index contributed by atoms with van der Waals surface area (Å²) < 4.78 is 10.7. The molecule has 4 amide bonds. The van der Waals surface area contributed by atoms with Gasteiger partial charge in [0.25, 0.3) is 6.47 Å². The Morgan fingerprint density at radius 1 is 0.656 bits per heavy atom. The number of carbonyl (C=O) groups is 11. The number of urea groups is 1. The van der Waals surface area contributed by atoms with Gasteiger partial charge in [0.15, 0.2) is 28.7 Å². The largest absolute Gasteiger partial charge is 0.508 e. The van der Waals surface area contributed by atoms with Crippen molar-refractivity contribution in [2.75, 3.05) is 18.4 Å². The molecule has 7 rings (SSSR count). The van der Waals surface area contributed by atoms with Crippen molar-refractivity contribution < 1.29 is 82.6 Å². The van der Waals surface area contributed by atoms with Crippen molar-refractivity contribution in [1.29, 1.82) is 0 Å². The lowest BCUT2D eigenvalue weighted by Gasteiger charge is -2.35. The van der Waals surface area contributed by atoms with Gasteiger partial charge in [0.1, 0.15) is 29.1 Å². The van der Waals surface area contributed by atoms with Crippen molar-refractivity contribution in [2.45, 2.75) is 94.9 Å². The van der Waals surface area contributed by atoms with Gasteiger partial charge in [-0.3, -0.25) is 38.4 Å². The van der Waals surface area contributed by atoms with Crippen LogP contribution in [-0.2, 0) is 67.2 Å². The lowest BCUT2D eigenvalue weighted by atomic mass is 9.74. The highest BCUT2D eigenvalue weighted by Gasteiger charge is 2.39. The summed E-state index contributed by atoms with van der Waals surface area (Å²) in [7, 11) is 0. The molecular weight excluding hydrogens is 1180 g/mol. The average molecular weight is 1250 g/mol. The van der Waals surface area contributed by atoms with E-state index in [1.807, 2.05) is 48.5 Å². The number of nitrogens with one attached hydrogen (secondary N) is 6. The van der Waals surface area contributed by atoms with Gasteiger partial charge in [0.05, 0.1) is 24.6 Å². The van der Waals surface area contributed by atoms with Crippen LogP contribution in [0.25, 0.3) is 0 Å². The van der Waals surface area contributed by atoms with Gasteiger partial charge >= 0.3 is 23.9 Å². The zero-order valence-corrected chi connectivity index (χ0v) is 49.5. The predicted molar refractivity (Wildman–Crippen MR) is 330 cm³/mol. The molecule has 0 aromatic heterocycles. The van der Waals surface area contributed by atoms with Crippen LogP contribution in [0.15, 0.2) is 151 Å². The number of carbonyl (C=O) groups excluding carboxylic acids is 8. The molecule has 23 nitrogen and oxygen atoms in total. The van der Waals surface area contributed by atoms with Crippen LogP contribution in [0.4, 0.5) is 10.5 Å². The van der Waals surface area contributed by atoms with Gasteiger partial charge in [-0.2, -0.15) is 0 Å². The number of ether oxygens (including phenoxy) is 2. The summed E-state index contributed by atoms with van der Waals surface area (Å²) >= 11 is 5.77. The molecule has 24 heteroatoms. The minimum absolute atomic E-state index is 0.00622. The van der Waals surface area contributed by atoms with E-state index < -0.39 is 95.7 Å². The number of rotatable bonds is 34. The monoisotopic (exact) mass is 1250 g/mol. The molecule has 10 N–H and O–H groups in total. The first-order valence-corrected chi connectivity index (χ1v) is 29.4. The number of aliphatic carboxylic acids is 2. The Labute approximate surface area is 522 Å². The highest BCUT2D eigenvalue weighted by Crippen LogP contribution is 2.49. The van der Waals surface area contributed by atoms with Gasteiger partial charge in [0.2, 0.25) is 11.8 Å². The number of phenolic OH excluding ortho intramolecular Hbond substituents is 1. The van der Waals surface area contributed by atoms with Crippen LogP contribution < -0.4 is 36.6 Å². The summed E-state index contributed by atoms with van der Waals surface area (Å²) in [6, 6.07) is 32.5. The number of aromatic carboxylic acids is 1. The number of allylic oxidation sites excluding steroid dienone is 3. The summed E-state index contributed by atoms with van der Waals surface area (Å²) in [4.78, 5) is 141. The maximum absolute atomic E-state index is 14.6. The van der Waals surface area contributed by atoms with Gasteiger partial charge in [0, 0.05) is 85.7 Å². The van der Waals surface area contributed by atoms with Gasteiger partial charge in [-0.15, -0.1) is 0 Å². The fourth-order valence-corrected chi connectivity index (χ4v) is 10.8. The van der Waals surface area contributed by atoms with E-state index >= 15 is 0 Å². The number of phenols is 1. The molecule has 90 heavy (non-hydrogen) atoms. The van der Waals surface area contributed by atoms with Crippen LogP contribution in [0.5, 0.6) is 11.5 Å². The van der Waals surface area contributed by atoms with Crippen molar-refractivity contribution in [3.05, 3.63) is 185 Å². The quantitative estimate of drug-likeness (QED) is 0.00939. The maximum atomic E-state index is 14.6. The van der Waals surface area contributed by atoms with Gasteiger partial charge in [-0.25, -0.2) is 14.4 Å². The maximum Gasteiger partial charge on any atom is 0.336 e. The smallest absolute Gasteiger partial charge is 0.336 e. The molecular formula is C66H68N6O17S. The number of hydrogen-bond donors (Lipinski definition) is 10. The third-order valence-corrected chi connectivity index (χ3v) is 15.2. The number of ketones is 4. The standard InChI is InChI=1S/C66H68N6O17S/c73-38-88-58(26-27-59(79)80)72-65(87)70-53(64(85)86)25-21-45(74)32-42(29-39-11-4-1-5-12-39)61(81)67-28-10-17-48(77)37-68-62(82)43(30-40-13-6-2-7-14-40)33-55(78)54(31-41-15-8-3-9-16-41)71-66(90)69-44-18-22-49(52(34-44)63(83)84)60-50-23-19-46(75)35-56(50)89-57-36-47(76)20-24-51(57)60/h1-9,11-16,18-20,22-24,34-36,38,42-43,50,53-54,58,60,76H,10,17,21,25-33,37H2,(H,67,81)(H,68,82)(H,79,80)(H,83,84)(H,85,86)(H2,69,71,90)(H2,70,72,87)/t42-,43-,50?,53+,54+,58-,60?/m1/s1. The molecule has 0 bridgehead atoms. The summed E-state index contributed by atoms with van der Waals surface area (Å²) in [5, 5.41) is 55.5. The van der Waals surface area contributed by atoms with E-state index in [0.717, 1.165) is 16.7 Å². The Hall–Kier alpha value is -10.4. The molecule has 5 aromatic carbocycles. The summed E-state index contributed by atoms with van der Waals surface area (Å²) in [5.41, 5.74) is 3.43. The van der Waals surface area contributed by atoms with Gasteiger partial charge in [-0.1, -0.05) is 109 Å². The molecule has 1 heterocycles. The highest BCUT2D eigenvalue weighted by molar-refractivity contribution is 7.80. The molecule has 0 fully saturated rings. The topological polar surface area (TPSA) is 359 Å². The minimum Gasteiger partial charge on any atom is -0.508 e. The van der Waals surface area contributed by atoms with E-state index in [1.54, 1.807) is 66.7 Å². The zero-order valence-electron chi connectivity index (χ0n) is 48.7.